The molecule has 0 aliphatic rings. The summed E-state index contributed by atoms with van der Waals surface area (Å²) in [5.74, 6) is 0.495. The predicted octanol–water partition coefficient (Wildman–Crippen LogP) is 2.47. The zero-order valence-corrected chi connectivity index (χ0v) is 15.2. The SMILES string of the molecule is CS(=O)(=O)c1ccc2ncnc(NCCNc3ccccc3[N+](=O)[O-])c2c1. The van der Waals surface area contributed by atoms with Crippen LogP contribution < -0.4 is 10.6 Å². The molecule has 140 valence electrons. The van der Waals surface area contributed by atoms with Crippen molar-refractivity contribution >= 4 is 37.9 Å². The lowest BCUT2D eigenvalue weighted by Crippen LogP contribution is -2.15. The van der Waals surface area contributed by atoms with Crippen molar-refractivity contribution in [3.05, 3.63) is 58.9 Å². The number of para-hydroxylation sites is 2. The molecule has 0 saturated heterocycles. The molecule has 10 heteroatoms. The van der Waals surface area contributed by atoms with E-state index in [9.17, 15) is 18.5 Å². The lowest BCUT2D eigenvalue weighted by atomic mass is 10.2. The van der Waals surface area contributed by atoms with Gasteiger partial charge in [-0.15, -0.1) is 0 Å². The first-order valence-corrected chi connectivity index (χ1v) is 9.91. The molecular formula is C17H17N5O4S. The molecule has 2 aromatic carbocycles. The zero-order valence-electron chi connectivity index (χ0n) is 14.4. The number of anilines is 2. The van der Waals surface area contributed by atoms with Gasteiger partial charge in [-0.25, -0.2) is 18.4 Å². The quantitative estimate of drug-likeness (QED) is 0.359. The molecule has 3 aromatic rings. The normalized spacial score (nSPS) is 11.3. The molecule has 27 heavy (non-hydrogen) atoms. The first-order chi connectivity index (χ1) is 12.9. The molecule has 0 aliphatic carbocycles. The summed E-state index contributed by atoms with van der Waals surface area (Å²) in [4.78, 5) is 19.1. The summed E-state index contributed by atoms with van der Waals surface area (Å²) >= 11 is 0. The van der Waals surface area contributed by atoms with E-state index < -0.39 is 14.8 Å². The number of fused-ring (bicyclic) bond motifs is 1. The highest BCUT2D eigenvalue weighted by atomic mass is 32.2. The molecule has 2 N–H and O–H groups in total. The Kier molecular flexibility index (Phi) is 5.17. The van der Waals surface area contributed by atoms with Crippen LogP contribution in [0.2, 0.25) is 0 Å². The van der Waals surface area contributed by atoms with Crippen LogP contribution in [-0.4, -0.2) is 42.7 Å². The Bertz CT molecular complexity index is 1100. The van der Waals surface area contributed by atoms with Crippen molar-refractivity contribution in [3.63, 3.8) is 0 Å². The van der Waals surface area contributed by atoms with Gasteiger partial charge in [0.25, 0.3) is 5.69 Å². The van der Waals surface area contributed by atoms with E-state index >= 15 is 0 Å². The molecule has 0 spiro atoms. The summed E-state index contributed by atoms with van der Waals surface area (Å²) in [6.45, 7) is 0.823. The Morgan fingerprint density at radius 1 is 1.07 bits per heavy atom. The fourth-order valence-corrected chi connectivity index (χ4v) is 3.21. The van der Waals surface area contributed by atoms with E-state index in [0.29, 0.717) is 35.5 Å². The number of sulfone groups is 1. The lowest BCUT2D eigenvalue weighted by molar-refractivity contribution is -0.384. The molecule has 0 saturated carbocycles. The second kappa shape index (κ2) is 7.54. The van der Waals surface area contributed by atoms with Crippen molar-refractivity contribution in [2.45, 2.75) is 4.90 Å². The van der Waals surface area contributed by atoms with Crippen LogP contribution in [0.5, 0.6) is 0 Å². The van der Waals surface area contributed by atoms with Gasteiger partial charge in [0.1, 0.15) is 17.8 Å². The minimum absolute atomic E-state index is 0.00257. The topological polar surface area (TPSA) is 127 Å². The van der Waals surface area contributed by atoms with Crippen LogP contribution in [0.25, 0.3) is 10.9 Å². The van der Waals surface area contributed by atoms with E-state index in [1.54, 1.807) is 24.3 Å². The van der Waals surface area contributed by atoms with Gasteiger partial charge in [-0.3, -0.25) is 10.1 Å². The van der Waals surface area contributed by atoms with E-state index in [-0.39, 0.29) is 10.6 Å². The van der Waals surface area contributed by atoms with Gasteiger partial charge in [-0.1, -0.05) is 12.1 Å². The highest BCUT2D eigenvalue weighted by Gasteiger charge is 2.12. The van der Waals surface area contributed by atoms with Gasteiger partial charge in [0, 0.05) is 30.8 Å². The second-order valence-corrected chi connectivity index (χ2v) is 7.82. The summed E-state index contributed by atoms with van der Waals surface area (Å²) in [5, 5.41) is 17.7. The van der Waals surface area contributed by atoms with Crippen molar-refractivity contribution in [2.75, 3.05) is 30.0 Å². The molecule has 9 nitrogen and oxygen atoms in total. The number of hydrogen-bond donors (Lipinski definition) is 2. The van der Waals surface area contributed by atoms with Crippen LogP contribution >= 0.6 is 0 Å². The molecular weight excluding hydrogens is 370 g/mol. The maximum absolute atomic E-state index is 11.8. The monoisotopic (exact) mass is 387 g/mol. The minimum atomic E-state index is -3.34. The number of nitro groups is 1. The van der Waals surface area contributed by atoms with E-state index in [4.69, 9.17) is 0 Å². The number of nitrogens with zero attached hydrogens (tertiary/aromatic N) is 3. The van der Waals surface area contributed by atoms with Crippen LogP contribution in [0.3, 0.4) is 0 Å². The fourth-order valence-electron chi connectivity index (χ4n) is 2.57. The van der Waals surface area contributed by atoms with Crippen molar-refractivity contribution < 1.29 is 13.3 Å². The molecule has 0 bridgehead atoms. The molecule has 3 rings (SSSR count). The number of rotatable bonds is 7. The number of aromatic nitrogens is 2. The van der Waals surface area contributed by atoms with Crippen LogP contribution in [0.15, 0.2) is 53.7 Å². The first-order valence-electron chi connectivity index (χ1n) is 8.02. The van der Waals surface area contributed by atoms with E-state index in [1.807, 2.05) is 0 Å². The van der Waals surface area contributed by atoms with E-state index in [0.717, 1.165) is 6.26 Å². The first kappa shape index (κ1) is 18.5. The Morgan fingerprint density at radius 2 is 1.81 bits per heavy atom. The van der Waals surface area contributed by atoms with Crippen molar-refractivity contribution in [3.8, 4) is 0 Å². The Labute approximate surface area is 155 Å². The van der Waals surface area contributed by atoms with Gasteiger partial charge in [-0.05, 0) is 24.3 Å². The number of nitro benzene ring substituents is 1. The predicted molar refractivity (Wildman–Crippen MR) is 103 cm³/mol. The van der Waals surface area contributed by atoms with Crippen molar-refractivity contribution in [1.82, 2.24) is 9.97 Å². The second-order valence-electron chi connectivity index (χ2n) is 5.80. The van der Waals surface area contributed by atoms with Gasteiger partial charge < -0.3 is 10.6 Å². The number of nitrogens with one attached hydrogen (secondary N) is 2. The van der Waals surface area contributed by atoms with Gasteiger partial charge >= 0.3 is 0 Å². The summed E-state index contributed by atoms with van der Waals surface area (Å²) in [7, 11) is -3.34. The number of benzene rings is 2. The fraction of sp³-hybridized carbons (Fsp3) is 0.176. The third-order valence-electron chi connectivity index (χ3n) is 3.87. The molecule has 1 heterocycles. The van der Waals surface area contributed by atoms with Crippen LogP contribution in [0, 0.1) is 10.1 Å². The Balaban J connectivity index is 1.73. The summed E-state index contributed by atoms with van der Waals surface area (Å²) in [6, 6.07) is 11.1. The molecule has 0 radical (unpaired) electrons. The molecule has 0 fully saturated rings. The van der Waals surface area contributed by atoms with Crippen molar-refractivity contribution in [2.24, 2.45) is 0 Å². The molecule has 1 aromatic heterocycles. The largest absolute Gasteiger partial charge is 0.378 e. The van der Waals surface area contributed by atoms with Crippen LogP contribution in [-0.2, 0) is 9.84 Å². The van der Waals surface area contributed by atoms with E-state index in [1.165, 1.54) is 24.5 Å². The minimum Gasteiger partial charge on any atom is -0.378 e. The Morgan fingerprint density at radius 3 is 2.56 bits per heavy atom. The van der Waals surface area contributed by atoms with Crippen LogP contribution in [0.4, 0.5) is 17.2 Å². The van der Waals surface area contributed by atoms with Gasteiger partial charge in [0.05, 0.1) is 15.3 Å². The van der Waals surface area contributed by atoms with Gasteiger partial charge in [0.2, 0.25) is 0 Å². The third-order valence-corrected chi connectivity index (χ3v) is 4.98. The number of hydrogen-bond acceptors (Lipinski definition) is 8. The standard InChI is InChI=1S/C17H17N5O4S/c1-27(25,26)12-6-7-14-13(10-12)17(21-11-20-14)19-9-8-18-15-4-2-3-5-16(15)22(23)24/h2-7,10-11,18H,8-9H2,1H3,(H,19,20,21). The highest BCUT2D eigenvalue weighted by molar-refractivity contribution is 7.90. The average Bonchev–Trinajstić information content (AvgIpc) is 2.64. The summed E-state index contributed by atoms with van der Waals surface area (Å²) in [6.07, 6.45) is 2.53. The molecule has 0 aliphatic heterocycles. The van der Waals surface area contributed by atoms with Crippen molar-refractivity contribution in [1.29, 1.82) is 0 Å². The molecule has 0 unspecified atom stereocenters. The lowest BCUT2D eigenvalue weighted by Gasteiger charge is -2.11. The molecule has 0 atom stereocenters. The highest BCUT2D eigenvalue weighted by Crippen LogP contribution is 2.24. The zero-order chi connectivity index (χ0) is 19.4. The van der Waals surface area contributed by atoms with Gasteiger partial charge in [0.15, 0.2) is 9.84 Å². The summed E-state index contributed by atoms with van der Waals surface area (Å²) in [5.41, 5.74) is 1.05. The third kappa shape index (κ3) is 4.29. The Hall–Kier alpha value is -3.27. The van der Waals surface area contributed by atoms with Crippen LogP contribution in [0.1, 0.15) is 0 Å². The molecule has 0 amide bonds. The average molecular weight is 387 g/mol. The smallest absolute Gasteiger partial charge is 0.292 e. The maximum atomic E-state index is 11.8. The van der Waals surface area contributed by atoms with E-state index in [2.05, 4.69) is 20.6 Å². The van der Waals surface area contributed by atoms with Gasteiger partial charge in [-0.2, -0.15) is 0 Å². The summed E-state index contributed by atoms with van der Waals surface area (Å²) < 4.78 is 23.5. The maximum Gasteiger partial charge on any atom is 0.292 e.